The van der Waals surface area contributed by atoms with Crippen LogP contribution < -0.4 is 10.4 Å². The van der Waals surface area contributed by atoms with Gasteiger partial charge in [0.05, 0.1) is 0 Å². The van der Waals surface area contributed by atoms with Gasteiger partial charge < -0.3 is 0 Å². The van der Waals surface area contributed by atoms with Crippen molar-refractivity contribution in [3.8, 4) is 0 Å². The van der Waals surface area contributed by atoms with Crippen molar-refractivity contribution in [3.05, 3.63) is 103 Å². The minimum absolute atomic E-state index is 0.762. The van der Waals surface area contributed by atoms with Crippen LogP contribution in [0.5, 0.6) is 0 Å². The summed E-state index contributed by atoms with van der Waals surface area (Å²) in [6, 6.07) is 32.0. The summed E-state index contributed by atoms with van der Waals surface area (Å²) in [7, 11) is -0.762. The molecule has 0 aliphatic rings. The van der Waals surface area contributed by atoms with Gasteiger partial charge in [0.1, 0.15) is 8.80 Å². The molecule has 1 heterocycles. The Labute approximate surface area is 150 Å². The van der Waals surface area contributed by atoms with E-state index in [2.05, 4.69) is 89.9 Å². The maximum atomic E-state index is 4.20. The Morgan fingerprint density at radius 3 is 2.04 bits per heavy atom. The Kier molecular flexibility index (Phi) is 4.71. The third-order valence-corrected chi connectivity index (χ3v) is 7.42. The lowest BCUT2D eigenvalue weighted by Gasteiger charge is -2.16. The zero-order valence-electron chi connectivity index (χ0n) is 14.1. The molecule has 25 heavy (non-hydrogen) atoms. The number of hydrogen-bond donors (Lipinski definition) is 0. The molecule has 1 nitrogen and oxygen atoms in total. The highest BCUT2D eigenvalue weighted by Gasteiger charge is 2.16. The summed E-state index contributed by atoms with van der Waals surface area (Å²) in [6.07, 6.45) is 4.91. The van der Waals surface area contributed by atoms with Gasteiger partial charge in [-0.05, 0) is 29.5 Å². The summed E-state index contributed by atoms with van der Waals surface area (Å²) in [5.74, 6) is 0. The zero-order chi connectivity index (χ0) is 16.9. The van der Waals surface area contributed by atoms with E-state index in [1.807, 2.05) is 12.4 Å². The molecular weight excluding hydrogens is 318 g/mol. The number of benzene rings is 3. The van der Waals surface area contributed by atoms with Gasteiger partial charge in [0.25, 0.3) is 0 Å². The topological polar surface area (TPSA) is 12.9 Å². The smallest absolute Gasteiger partial charge is 0.121 e. The molecule has 4 aromatic rings. The molecule has 0 spiro atoms. The average molecular weight is 339 g/mol. The minimum atomic E-state index is -0.762. The van der Waals surface area contributed by atoms with Gasteiger partial charge in [0.2, 0.25) is 0 Å². The zero-order valence-corrected chi connectivity index (χ0v) is 15.1. The lowest BCUT2D eigenvalue weighted by atomic mass is 10.1. The van der Waals surface area contributed by atoms with E-state index in [9.17, 15) is 0 Å². The lowest BCUT2D eigenvalue weighted by molar-refractivity contribution is 1.12. The van der Waals surface area contributed by atoms with Crippen LogP contribution in [-0.2, 0) is 6.42 Å². The average Bonchev–Trinajstić information content (AvgIpc) is 2.70. The van der Waals surface area contributed by atoms with Gasteiger partial charge in [-0.15, -0.1) is 0 Å². The molecule has 0 saturated heterocycles. The SMILES string of the molecule is c1ccc([Si](CCc2ccc3cnccc3c2)c2ccccc2)cc1. The van der Waals surface area contributed by atoms with Crippen molar-refractivity contribution in [2.24, 2.45) is 0 Å². The fourth-order valence-electron chi connectivity index (χ4n) is 3.29. The summed E-state index contributed by atoms with van der Waals surface area (Å²) in [4.78, 5) is 4.20. The molecule has 0 amide bonds. The summed E-state index contributed by atoms with van der Waals surface area (Å²) in [5.41, 5.74) is 1.41. The maximum absolute atomic E-state index is 4.20. The van der Waals surface area contributed by atoms with Gasteiger partial charge in [-0.3, -0.25) is 4.98 Å². The molecule has 1 aromatic heterocycles. The molecule has 0 aliphatic heterocycles. The molecule has 0 unspecified atom stereocenters. The first-order valence-corrected chi connectivity index (χ1v) is 10.4. The van der Waals surface area contributed by atoms with Gasteiger partial charge >= 0.3 is 0 Å². The normalized spacial score (nSPS) is 11.1. The summed E-state index contributed by atoms with van der Waals surface area (Å²) in [5, 5.41) is 5.47. The van der Waals surface area contributed by atoms with E-state index in [1.54, 1.807) is 0 Å². The van der Waals surface area contributed by atoms with Gasteiger partial charge in [-0.25, -0.2) is 0 Å². The molecular formula is C23H20NSi. The molecule has 0 N–H and O–H groups in total. The molecule has 0 fully saturated rings. The number of aryl methyl sites for hydroxylation is 1. The van der Waals surface area contributed by atoms with Crippen molar-refractivity contribution < 1.29 is 0 Å². The van der Waals surface area contributed by atoms with Crippen LogP contribution in [0.25, 0.3) is 10.8 Å². The van der Waals surface area contributed by atoms with Crippen molar-refractivity contribution in [3.63, 3.8) is 0 Å². The molecule has 0 atom stereocenters. The van der Waals surface area contributed by atoms with Gasteiger partial charge in [-0.1, -0.05) is 89.2 Å². The van der Waals surface area contributed by atoms with Gasteiger partial charge in [0, 0.05) is 17.8 Å². The molecule has 0 bridgehead atoms. The van der Waals surface area contributed by atoms with Crippen LogP contribution in [0.4, 0.5) is 0 Å². The quantitative estimate of drug-likeness (QED) is 0.500. The third kappa shape index (κ3) is 3.70. The monoisotopic (exact) mass is 338 g/mol. The van der Waals surface area contributed by atoms with Crippen molar-refractivity contribution in [1.82, 2.24) is 4.98 Å². The van der Waals surface area contributed by atoms with Gasteiger partial charge in [-0.2, -0.15) is 0 Å². The van der Waals surface area contributed by atoms with Crippen LogP contribution >= 0.6 is 0 Å². The van der Waals surface area contributed by atoms with Crippen LogP contribution in [-0.4, -0.2) is 13.8 Å². The summed E-state index contributed by atoms with van der Waals surface area (Å²) in [6.45, 7) is 0. The highest BCUT2D eigenvalue weighted by molar-refractivity contribution is 6.85. The first-order valence-electron chi connectivity index (χ1n) is 8.69. The minimum Gasteiger partial charge on any atom is -0.264 e. The number of nitrogens with zero attached hydrogens (tertiary/aromatic N) is 1. The summed E-state index contributed by atoms with van der Waals surface area (Å²) < 4.78 is 0. The Bertz CT molecular complexity index is 912. The second kappa shape index (κ2) is 7.45. The highest BCUT2D eigenvalue weighted by atomic mass is 28.3. The second-order valence-electron chi connectivity index (χ2n) is 6.27. The predicted molar refractivity (Wildman–Crippen MR) is 108 cm³/mol. The predicted octanol–water partition coefficient (Wildman–Crippen LogP) is 4.09. The molecule has 1 radical (unpaired) electrons. The van der Waals surface area contributed by atoms with Gasteiger partial charge in [0.15, 0.2) is 0 Å². The van der Waals surface area contributed by atoms with E-state index < -0.39 is 8.80 Å². The molecule has 4 rings (SSSR count). The molecule has 3 aromatic carbocycles. The number of pyridine rings is 1. The van der Waals surface area contributed by atoms with Crippen molar-refractivity contribution >= 4 is 29.9 Å². The molecule has 0 aliphatic carbocycles. The largest absolute Gasteiger partial charge is 0.264 e. The first-order chi connectivity index (χ1) is 12.4. The van der Waals surface area contributed by atoms with Crippen LogP contribution in [0.15, 0.2) is 97.3 Å². The Morgan fingerprint density at radius 1 is 0.680 bits per heavy atom. The van der Waals surface area contributed by atoms with Crippen molar-refractivity contribution in [2.45, 2.75) is 12.5 Å². The number of hydrogen-bond acceptors (Lipinski definition) is 1. The van der Waals surface area contributed by atoms with E-state index in [0.29, 0.717) is 0 Å². The van der Waals surface area contributed by atoms with Crippen LogP contribution in [0.1, 0.15) is 5.56 Å². The van der Waals surface area contributed by atoms with Crippen LogP contribution in [0, 0.1) is 0 Å². The fourth-order valence-corrected chi connectivity index (χ4v) is 5.93. The highest BCUT2D eigenvalue weighted by Crippen LogP contribution is 2.16. The molecule has 121 valence electrons. The summed E-state index contributed by atoms with van der Waals surface area (Å²) >= 11 is 0. The van der Waals surface area contributed by atoms with E-state index >= 15 is 0 Å². The Balaban J connectivity index is 1.60. The number of aromatic nitrogens is 1. The molecule has 2 heteroatoms. The van der Waals surface area contributed by atoms with Crippen LogP contribution in [0.2, 0.25) is 6.04 Å². The van der Waals surface area contributed by atoms with Crippen molar-refractivity contribution in [2.75, 3.05) is 0 Å². The number of rotatable bonds is 5. The molecule has 0 saturated carbocycles. The van der Waals surface area contributed by atoms with Crippen LogP contribution in [0.3, 0.4) is 0 Å². The fraction of sp³-hybridized carbons (Fsp3) is 0.0870. The standard InChI is InChI=1S/C23H20NSi/c1-3-7-22(8-4-1)25(23-9-5-2-6-10-23)16-14-19-11-12-21-18-24-15-13-20(21)17-19/h1-13,15,17-18H,14,16H2. The van der Waals surface area contributed by atoms with E-state index in [1.165, 1.54) is 32.8 Å². The maximum Gasteiger partial charge on any atom is 0.121 e. The lowest BCUT2D eigenvalue weighted by Crippen LogP contribution is -2.42. The van der Waals surface area contributed by atoms with E-state index in [-0.39, 0.29) is 0 Å². The van der Waals surface area contributed by atoms with E-state index in [0.717, 1.165) is 6.42 Å². The van der Waals surface area contributed by atoms with Crippen molar-refractivity contribution in [1.29, 1.82) is 0 Å². The Hall–Kier alpha value is -2.71. The Morgan fingerprint density at radius 2 is 1.36 bits per heavy atom. The second-order valence-corrected chi connectivity index (χ2v) is 8.88. The number of fused-ring (bicyclic) bond motifs is 1. The first kappa shape index (κ1) is 15.8. The van der Waals surface area contributed by atoms with E-state index in [4.69, 9.17) is 0 Å². The third-order valence-electron chi connectivity index (χ3n) is 4.61.